The summed E-state index contributed by atoms with van der Waals surface area (Å²) in [5, 5.41) is 1.75. The first-order valence-electron chi connectivity index (χ1n) is 24.3. The Morgan fingerprint density at radius 2 is 0.587 bits per heavy atom. The van der Waals surface area contributed by atoms with Crippen LogP contribution in [0.15, 0.2) is 54.6 Å². The van der Waals surface area contributed by atoms with E-state index < -0.39 is 0 Å². The number of nitrogen functional groups attached to an aromatic ring is 3. The van der Waals surface area contributed by atoms with Crippen molar-refractivity contribution >= 4 is 51.9 Å². The molecule has 0 spiro atoms. The van der Waals surface area contributed by atoms with Gasteiger partial charge in [-0.25, -0.2) is 0 Å². The summed E-state index contributed by atoms with van der Waals surface area (Å²) in [7, 11) is 0. The third kappa shape index (κ3) is 6.44. The van der Waals surface area contributed by atoms with E-state index in [1.165, 1.54) is 88.2 Å². The number of ether oxygens (including phenoxy) is 3. The molecule has 6 nitrogen and oxygen atoms in total. The van der Waals surface area contributed by atoms with Gasteiger partial charge in [0.15, 0.2) is 28.7 Å². The number of anilines is 3. The van der Waals surface area contributed by atoms with Crippen LogP contribution in [-0.4, -0.2) is 0 Å². The maximum Gasteiger partial charge on any atom is 0.177 e. The smallest absolute Gasteiger partial charge is 0.177 e. The molecule has 9 heteroatoms. The number of nitrogens with two attached hydrogens (primary N) is 3. The molecular formula is C54H60Cl3N3O3. The van der Waals surface area contributed by atoms with E-state index in [9.17, 15) is 0 Å². The Labute approximate surface area is 387 Å². The van der Waals surface area contributed by atoms with Crippen LogP contribution in [0.3, 0.4) is 0 Å². The predicted molar refractivity (Wildman–Crippen MR) is 254 cm³/mol. The van der Waals surface area contributed by atoms with Gasteiger partial charge in [-0.3, -0.25) is 0 Å². The Balaban J connectivity index is 1.20. The average Bonchev–Trinajstić information content (AvgIpc) is 3.21. The van der Waals surface area contributed by atoms with Crippen molar-refractivity contribution < 1.29 is 14.2 Å². The molecular weight excluding hydrogens is 845 g/mol. The van der Waals surface area contributed by atoms with Gasteiger partial charge in [-0.1, -0.05) is 34.8 Å². The molecule has 0 heterocycles. The molecule has 63 heavy (non-hydrogen) atoms. The Morgan fingerprint density at radius 3 is 0.889 bits per heavy atom. The van der Waals surface area contributed by atoms with E-state index in [0.717, 1.165) is 55.6 Å². The molecule has 12 bridgehead atoms. The fourth-order valence-corrected chi connectivity index (χ4v) is 18.3. The Hall–Kier alpha value is -3.45. The van der Waals surface area contributed by atoms with Crippen molar-refractivity contribution in [2.45, 2.75) is 132 Å². The first kappa shape index (κ1) is 39.9. The van der Waals surface area contributed by atoms with E-state index >= 15 is 0 Å². The maximum absolute atomic E-state index is 7.87. The Bertz CT molecular complexity index is 2450. The van der Waals surface area contributed by atoms with E-state index in [2.05, 4.69) is 0 Å². The third-order valence-electron chi connectivity index (χ3n) is 18.6. The van der Waals surface area contributed by atoms with Gasteiger partial charge in [0.2, 0.25) is 0 Å². The molecule has 16 rings (SSSR count). The molecule has 12 fully saturated rings. The van der Waals surface area contributed by atoms with Crippen LogP contribution in [0.4, 0.5) is 17.1 Å². The van der Waals surface area contributed by atoms with Gasteiger partial charge in [-0.15, -0.1) is 0 Å². The SMILES string of the molecule is Nc1ccc(Cl)cc1Oc1c(Oc2cc(Cl)ccc2N)c(C23CC4CC(CC(C4)C2)C3)c(C23CC4CC(CC(C4)C2)C3)c(Oc2cc(Cl)ccc2N)c1C12CC3CC(CC(C3)C1)C2. The minimum absolute atomic E-state index is 0.0985. The molecule has 12 aliphatic rings. The zero-order valence-electron chi connectivity index (χ0n) is 36.2. The lowest BCUT2D eigenvalue weighted by atomic mass is 9.43. The van der Waals surface area contributed by atoms with Crippen molar-refractivity contribution in [3.63, 3.8) is 0 Å². The van der Waals surface area contributed by atoms with Crippen molar-refractivity contribution in [1.82, 2.24) is 0 Å². The molecule has 4 aromatic carbocycles. The fourth-order valence-electron chi connectivity index (χ4n) is 17.8. The maximum atomic E-state index is 7.87. The summed E-state index contributed by atoms with van der Waals surface area (Å²) < 4.78 is 23.2. The number of halogens is 3. The zero-order chi connectivity index (χ0) is 42.6. The van der Waals surface area contributed by atoms with Crippen LogP contribution < -0.4 is 31.4 Å². The summed E-state index contributed by atoms with van der Waals surface area (Å²) in [6.07, 6.45) is 22.0. The van der Waals surface area contributed by atoms with Gasteiger partial charge < -0.3 is 31.4 Å². The van der Waals surface area contributed by atoms with Gasteiger partial charge in [0.05, 0.1) is 17.1 Å². The molecule has 0 saturated heterocycles. The fraction of sp³-hybridized carbons (Fsp3) is 0.556. The van der Waals surface area contributed by atoms with E-state index in [4.69, 9.17) is 66.2 Å². The highest BCUT2D eigenvalue weighted by Crippen LogP contribution is 2.73. The molecule has 6 N–H and O–H groups in total. The molecule has 12 aliphatic carbocycles. The normalized spacial score (nSPS) is 37.5. The van der Waals surface area contributed by atoms with E-state index in [1.54, 1.807) is 0 Å². The van der Waals surface area contributed by atoms with E-state index in [1.807, 2.05) is 54.6 Å². The van der Waals surface area contributed by atoms with Crippen LogP contribution in [0, 0.1) is 53.3 Å². The van der Waals surface area contributed by atoms with E-state index in [-0.39, 0.29) is 16.2 Å². The lowest BCUT2D eigenvalue weighted by molar-refractivity contribution is -0.0205. The summed E-state index contributed by atoms with van der Waals surface area (Å²) in [6.45, 7) is 0. The van der Waals surface area contributed by atoms with Crippen molar-refractivity contribution in [1.29, 1.82) is 0 Å². The van der Waals surface area contributed by atoms with Crippen molar-refractivity contribution in [3.8, 4) is 34.5 Å². The highest BCUT2D eigenvalue weighted by molar-refractivity contribution is 6.31. The standard InChI is InChI=1S/C54H60Cl3N3O3/c55-37-1-4-40(58)43(16-37)61-49-46(52-19-28-7-29(20-52)9-30(8-28)21-52)47(53-22-31-10-32(23-53)12-33(11-31)24-53)50(62-44-17-38(56)2-5-41(44)59)51(63-45-18-39(57)3-6-42(45)60)48(49)54-25-34-13-35(26-54)15-36(14-34)27-54/h1-6,16-18,28-36H,7-15,19-27,58-60H2. The summed E-state index contributed by atoms with van der Waals surface area (Å²) in [6, 6.07) is 16.9. The van der Waals surface area contributed by atoms with Crippen LogP contribution in [0.1, 0.15) is 132 Å². The first-order chi connectivity index (χ1) is 30.4. The minimum Gasteiger partial charge on any atom is -0.454 e. The number of hydrogen-bond acceptors (Lipinski definition) is 6. The second-order valence-electron chi connectivity index (χ2n) is 23.1. The Kier molecular flexibility index (Phi) is 9.04. The second kappa shape index (κ2) is 14.3. The zero-order valence-corrected chi connectivity index (χ0v) is 38.5. The molecule has 0 amide bonds. The second-order valence-corrected chi connectivity index (χ2v) is 24.4. The van der Waals surface area contributed by atoms with Gasteiger partial charge in [0.25, 0.3) is 0 Å². The molecule has 12 saturated carbocycles. The van der Waals surface area contributed by atoms with Crippen LogP contribution in [0.25, 0.3) is 0 Å². The van der Waals surface area contributed by atoms with E-state index in [0.29, 0.717) is 108 Å². The van der Waals surface area contributed by atoms with Crippen LogP contribution in [0.5, 0.6) is 34.5 Å². The van der Waals surface area contributed by atoms with Gasteiger partial charge in [-0.05, 0) is 205 Å². The highest BCUT2D eigenvalue weighted by atomic mass is 35.5. The van der Waals surface area contributed by atoms with Gasteiger partial charge in [-0.2, -0.15) is 0 Å². The average molecular weight is 905 g/mol. The van der Waals surface area contributed by atoms with Crippen LogP contribution in [0.2, 0.25) is 15.1 Å². The number of benzene rings is 4. The molecule has 0 unspecified atom stereocenters. The van der Waals surface area contributed by atoms with Gasteiger partial charge >= 0.3 is 0 Å². The van der Waals surface area contributed by atoms with Crippen molar-refractivity contribution in [2.75, 3.05) is 17.2 Å². The summed E-state index contributed by atoms with van der Waals surface area (Å²) >= 11 is 20.6. The highest BCUT2D eigenvalue weighted by Gasteiger charge is 2.62. The molecule has 0 radical (unpaired) electrons. The number of hydrogen-bond donors (Lipinski definition) is 3. The summed E-state index contributed by atoms with van der Waals surface area (Å²) in [4.78, 5) is 0. The quantitative estimate of drug-likeness (QED) is 0.145. The third-order valence-corrected chi connectivity index (χ3v) is 19.3. The Morgan fingerprint density at radius 1 is 0.349 bits per heavy atom. The number of rotatable bonds is 9. The van der Waals surface area contributed by atoms with Crippen molar-refractivity contribution in [3.05, 3.63) is 86.4 Å². The van der Waals surface area contributed by atoms with Crippen LogP contribution >= 0.6 is 34.8 Å². The van der Waals surface area contributed by atoms with Gasteiger partial charge in [0, 0.05) is 66.2 Å². The summed E-state index contributed by atoms with van der Waals surface area (Å²) in [5.41, 5.74) is 25.9. The van der Waals surface area contributed by atoms with Crippen molar-refractivity contribution in [2.24, 2.45) is 53.3 Å². The molecule has 0 aromatic heterocycles. The molecule has 0 atom stereocenters. The minimum atomic E-state index is -0.227. The summed E-state index contributed by atoms with van der Waals surface area (Å²) in [5.74, 6) is 10.2. The van der Waals surface area contributed by atoms with Crippen LogP contribution in [-0.2, 0) is 16.2 Å². The van der Waals surface area contributed by atoms with Gasteiger partial charge in [0.1, 0.15) is 5.75 Å². The first-order valence-corrected chi connectivity index (χ1v) is 25.5. The lowest BCUT2D eigenvalue weighted by Crippen LogP contribution is -2.53. The monoisotopic (exact) mass is 903 g/mol. The molecule has 0 aliphatic heterocycles. The predicted octanol–water partition coefficient (Wildman–Crippen LogP) is 15.2. The largest absolute Gasteiger partial charge is 0.454 e. The molecule has 4 aromatic rings. The molecule has 330 valence electrons. The topological polar surface area (TPSA) is 106 Å². The lowest BCUT2D eigenvalue weighted by Gasteiger charge is -2.62.